The van der Waals surface area contributed by atoms with Crippen LogP contribution in [0.4, 0.5) is 0 Å². The Kier molecular flexibility index (Phi) is 8.21. The monoisotopic (exact) mass is 302 g/mol. The highest BCUT2D eigenvalue weighted by atomic mass is 16.4. The zero-order chi connectivity index (χ0) is 15.7. The molecule has 1 fully saturated rings. The van der Waals surface area contributed by atoms with Gasteiger partial charge in [0.05, 0.1) is 13.1 Å². The van der Waals surface area contributed by atoms with Crippen LogP contribution in [0.1, 0.15) is 6.42 Å². The lowest BCUT2D eigenvalue weighted by molar-refractivity contribution is -0.140. The maximum Gasteiger partial charge on any atom is 0.317 e. The molecule has 4 N–H and O–H groups in total. The lowest BCUT2D eigenvalue weighted by Crippen LogP contribution is -2.40. The van der Waals surface area contributed by atoms with Gasteiger partial charge in [0.1, 0.15) is 0 Å². The fourth-order valence-corrected chi connectivity index (χ4v) is 2.42. The SMILES string of the molecule is NCCCN1CCN(CC(=O)O)CCN(CC(=O)O)CC1. The van der Waals surface area contributed by atoms with Gasteiger partial charge in [0, 0.05) is 39.3 Å². The first-order valence-corrected chi connectivity index (χ1v) is 7.32. The van der Waals surface area contributed by atoms with Crippen molar-refractivity contribution in [1.29, 1.82) is 0 Å². The fraction of sp³-hybridized carbons (Fsp3) is 0.846. The summed E-state index contributed by atoms with van der Waals surface area (Å²) in [7, 11) is 0. The van der Waals surface area contributed by atoms with E-state index in [0.29, 0.717) is 32.7 Å². The Hall–Kier alpha value is -1.22. The molecule has 0 aromatic rings. The first-order valence-electron chi connectivity index (χ1n) is 7.32. The average molecular weight is 302 g/mol. The maximum atomic E-state index is 10.9. The summed E-state index contributed by atoms with van der Waals surface area (Å²) >= 11 is 0. The van der Waals surface area contributed by atoms with E-state index in [1.54, 1.807) is 0 Å². The molecule has 21 heavy (non-hydrogen) atoms. The van der Waals surface area contributed by atoms with Crippen LogP contribution >= 0.6 is 0 Å². The Morgan fingerprint density at radius 1 is 0.810 bits per heavy atom. The van der Waals surface area contributed by atoms with Crippen molar-refractivity contribution in [3.05, 3.63) is 0 Å². The molecule has 0 saturated carbocycles. The lowest BCUT2D eigenvalue weighted by Gasteiger charge is -2.24. The van der Waals surface area contributed by atoms with E-state index >= 15 is 0 Å². The Bertz CT molecular complexity index is 312. The van der Waals surface area contributed by atoms with Gasteiger partial charge < -0.3 is 20.8 Å². The second kappa shape index (κ2) is 9.67. The second-order valence-corrected chi connectivity index (χ2v) is 5.32. The van der Waals surface area contributed by atoms with E-state index in [9.17, 15) is 9.59 Å². The molecule has 1 rings (SSSR count). The van der Waals surface area contributed by atoms with E-state index in [2.05, 4.69) is 4.90 Å². The first kappa shape index (κ1) is 17.8. The highest BCUT2D eigenvalue weighted by molar-refractivity contribution is 5.69. The van der Waals surface area contributed by atoms with Crippen molar-refractivity contribution >= 4 is 11.9 Å². The van der Waals surface area contributed by atoms with Crippen molar-refractivity contribution < 1.29 is 19.8 Å². The molecule has 1 saturated heterocycles. The topological polar surface area (TPSA) is 110 Å². The third-order valence-corrected chi connectivity index (χ3v) is 3.59. The summed E-state index contributed by atoms with van der Waals surface area (Å²) in [5.41, 5.74) is 5.53. The molecule has 122 valence electrons. The number of hydrogen-bond donors (Lipinski definition) is 3. The van der Waals surface area contributed by atoms with Gasteiger partial charge in [0.25, 0.3) is 0 Å². The van der Waals surface area contributed by atoms with E-state index in [4.69, 9.17) is 15.9 Å². The summed E-state index contributed by atoms with van der Waals surface area (Å²) in [6.07, 6.45) is 0.887. The molecule has 1 heterocycles. The Labute approximate surface area is 125 Å². The normalized spacial score (nSPS) is 19.7. The molecule has 8 nitrogen and oxygen atoms in total. The molecule has 8 heteroatoms. The van der Waals surface area contributed by atoms with Crippen LogP contribution < -0.4 is 5.73 Å². The van der Waals surface area contributed by atoms with Gasteiger partial charge in [-0.3, -0.25) is 19.4 Å². The summed E-state index contributed by atoms with van der Waals surface area (Å²) in [5.74, 6) is -1.71. The number of nitrogens with zero attached hydrogens (tertiary/aromatic N) is 3. The largest absolute Gasteiger partial charge is 0.480 e. The minimum atomic E-state index is -0.854. The van der Waals surface area contributed by atoms with Crippen molar-refractivity contribution in [2.75, 3.05) is 65.4 Å². The summed E-state index contributed by atoms with van der Waals surface area (Å²) < 4.78 is 0. The minimum absolute atomic E-state index is 0.00829. The number of aliphatic carboxylic acids is 2. The summed E-state index contributed by atoms with van der Waals surface area (Å²) in [6, 6.07) is 0. The average Bonchev–Trinajstić information content (AvgIpc) is 2.48. The predicted octanol–water partition coefficient (Wildman–Crippen LogP) is -1.58. The summed E-state index contributed by atoms with van der Waals surface area (Å²) in [5, 5.41) is 17.9. The molecule has 1 aliphatic rings. The molecule has 0 atom stereocenters. The number of carboxylic acid groups (broad SMARTS) is 2. The molecule has 0 aromatic carbocycles. The number of hydrogen-bond acceptors (Lipinski definition) is 6. The van der Waals surface area contributed by atoms with E-state index in [0.717, 1.165) is 26.1 Å². The number of carboxylic acids is 2. The van der Waals surface area contributed by atoms with E-state index in [1.165, 1.54) is 0 Å². The van der Waals surface area contributed by atoms with Gasteiger partial charge in [0.2, 0.25) is 0 Å². The van der Waals surface area contributed by atoms with Crippen LogP contribution in [0.5, 0.6) is 0 Å². The van der Waals surface area contributed by atoms with Gasteiger partial charge in [-0.05, 0) is 19.5 Å². The molecule has 1 aliphatic heterocycles. The predicted molar refractivity (Wildman–Crippen MR) is 78.3 cm³/mol. The molecule has 0 spiro atoms. The molecule has 0 radical (unpaired) electrons. The molecule has 0 aliphatic carbocycles. The zero-order valence-corrected chi connectivity index (χ0v) is 12.4. The quantitative estimate of drug-likeness (QED) is 0.517. The van der Waals surface area contributed by atoms with Gasteiger partial charge in [-0.25, -0.2) is 0 Å². The standard InChI is InChI=1S/C13H26N4O4/c14-2-1-3-15-4-6-16(10-12(18)19)8-9-17(7-5-15)11-13(20)21/h1-11,14H2,(H,18,19)(H,20,21). The molecular weight excluding hydrogens is 276 g/mol. The van der Waals surface area contributed by atoms with Gasteiger partial charge in [0.15, 0.2) is 0 Å². The van der Waals surface area contributed by atoms with Gasteiger partial charge in [-0.2, -0.15) is 0 Å². The summed E-state index contributed by atoms with van der Waals surface area (Å²) in [4.78, 5) is 27.7. The van der Waals surface area contributed by atoms with Crippen LogP contribution in [-0.4, -0.2) is 102 Å². The molecule has 0 amide bonds. The third-order valence-electron chi connectivity index (χ3n) is 3.59. The minimum Gasteiger partial charge on any atom is -0.480 e. The first-order chi connectivity index (χ1) is 10.0. The Morgan fingerprint density at radius 3 is 1.52 bits per heavy atom. The van der Waals surface area contributed by atoms with Crippen molar-refractivity contribution in [3.63, 3.8) is 0 Å². The Balaban J connectivity index is 2.62. The van der Waals surface area contributed by atoms with Crippen LogP contribution in [0, 0.1) is 0 Å². The smallest absolute Gasteiger partial charge is 0.317 e. The van der Waals surface area contributed by atoms with E-state index in [1.807, 2.05) is 9.80 Å². The Morgan fingerprint density at radius 2 is 1.19 bits per heavy atom. The highest BCUT2D eigenvalue weighted by Crippen LogP contribution is 2.01. The molecular formula is C13H26N4O4. The summed E-state index contributed by atoms with van der Waals surface area (Å²) in [6.45, 7) is 5.54. The van der Waals surface area contributed by atoms with Gasteiger partial charge in [-0.15, -0.1) is 0 Å². The van der Waals surface area contributed by atoms with Gasteiger partial charge in [-0.1, -0.05) is 0 Å². The van der Waals surface area contributed by atoms with Crippen LogP contribution in [-0.2, 0) is 9.59 Å². The number of nitrogens with two attached hydrogens (primary N) is 1. The third kappa shape index (κ3) is 7.96. The van der Waals surface area contributed by atoms with E-state index < -0.39 is 11.9 Å². The van der Waals surface area contributed by atoms with Crippen LogP contribution in [0.15, 0.2) is 0 Å². The molecule has 0 aromatic heterocycles. The van der Waals surface area contributed by atoms with E-state index in [-0.39, 0.29) is 13.1 Å². The van der Waals surface area contributed by atoms with Crippen molar-refractivity contribution in [2.45, 2.75) is 6.42 Å². The van der Waals surface area contributed by atoms with Crippen molar-refractivity contribution in [1.82, 2.24) is 14.7 Å². The lowest BCUT2D eigenvalue weighted by atomic mass is 10.3. The number of rotatable bonds is 7. The maximum absolute atomic E-state index is 10.9. The van der Waals surface area contributed by atoms with Crippen LogP contribution in [0.3, 0.4) is 0 Å². The highest BCUT2D eigenvalue weighted by Gasteiger charge is 2.18. The van der Waals surface area contributed by atoms with Crippen molar-refractivity contribution in [2.24, 2.45) is 5.73 Å². The zero-order valence-electron chi connectivity index (χ0n) is 12.4. The fourth-order valence-electron chi connectivity index (χ4n) is 2.42. The van der Waals surface area contributed by atoms with Crippen molar-refractivity contribution in [3.8, 4) is 0 Å². The molecule has 0 unspecified atom stereocenters. The second-order valence-electron chi connectivity index (χ2n) is 5.32. The van der Waals surface area contributed by atoms with Crippen LogP contribution in [0.2, 0.25) is 0 Å². The van der Waals surface area contributed by atoms with Crippen LogP contribution in [0.25, 0.3) is 0 Å². The number of carbonyl (C=O) groups is 2. The molecule has 0 bridgehead atoms. The van der Waals surface area contributed by atoms with Gasteiger partial charge >= 0.3 is 11.9 Å².